The van der Waals surface area contributed by atoms with Crippen molar-refractivity contribution in [1.29, 1.82) is 0 Å². The fourth-order valence-electron chi connectivity index (χ4n) is 2.46. The molecule has 0 bridgehead atoms. The third-order valence-electron chi connectivity index (χ3n) is 3.53. The maximum Gasteiger partial charge on any atom is 0.238 e. The average molecular weight is 276 g/mol. The topological polar surface area (TPSA) is 50.4 Å². The van der Waals surface area contributed by atoms with Crippen molar-refractivity contribution in [2.24, 2.45) is 0 Å². The van der Waals surface area contributed by atoms with Gasteiger partial charge in [-0.15, -0.1) is 0 Å². The Bertz CT molecular complexity index is 389. The number of rotatable bonds is 7. The standard InChI is InChI=1S/C16H24N2O2/c19-16(18-14-7-3-1-4-8-14)13-17-11-12-20-15-9-5-2-6-10-15/h1,3-4,7-8,15,17H,2,5-6,9-13H2,(H,18,19). The summed E-state index contributed by atoms with van der Waals surface area (Å²) in [5.41, 5.74) is 0.831. The van der Waals surface area contributed by atoms with Crippen molar-refractivity contribution in [2.45, 2.75) is 38.2 Å². The summed E-state index contributed by atoms with van der Waals surface area (Å²) in [4.78, 5) is 11.7. The molecule has 4 heteroatoms. The van der Waals surface area contributed by atoms with Crippen LogP contribution in [0.1, 0.15) is 32.1 Å². The zero-order valence-electron chi connectivity index (χ0n) is 11.9. The lowest BCUT2D eigenvalue weighted by atomic mass is 9.98. The molecule has 110 valence electrons. The molecule has 0 heterocycles. The van der Waals surface area contributed by atoms with Crippen molar-refractivity contribution in [1.82, 2.24) is 5.32 Å². The van der Waals surface area contributed by atoms with Gasteiger partial charge in [-0.05, 0) is 25.0 Å². The SMILES string of the molecule is O=C(CNCCOC1CCCCC1)Nc1ccccc1. The molecule has 1 saturated carbocycles. The van der Waals surface area contributed by atoms with Crippen LogP contribution in [0.3, 0.4) is 0 Å². The normalized spacial score (nSPS) is 16.0. The van der Waals surface area contributed by atoms with Gasteiger partial charge in [-0.3, -0.25) is 4.79 Å². The van der Waals surface area contributed by atoms with Crippen molar-refractivity contribution >= 4 is 11.6 Å². The van der Waals surface area contributed by atoms with E-state index >= 15 is 0 Å². The number of anilines is 1. The van der Waals surface area contributed by atoms with Crippen LogP contribution >= 0.6 is 0 Å². The molecule has 4 nitrogen and oxygen atoms in total. The predicted molar refractivity (Wildman–Crippen MR) is 80.8 cm³/mol. The van der Waals surface area contributed by atoms with Crippen LogP contribution in [0.5, 0.6) is 0 Å². The second-order valence-corrected chi connectivity index (χ2v) is 5.22. The van der Waals surface area contributed by atoms with Gasteiger partial charge in [0.05, 0.1) is 19.3 Å². The maximum atomic E-state index is 11.7. The molecule has 1 aromatic carbocycles. The fraction of sp³-hybridized carbons (Fsp3) is 0.562. The van der Waals surface area contributed by atoms with Crippen LogP contribution < -0.4 is 10.6 Å². The van der Waals surface area contributed by atoms with Gasteiger partial charge in [-0.25, -0.2) is 0 Å². The molecule has 0 aromatic heterocycles. The molecule has 0 unspecified atom stereocenters. The summed E-state index contributed by atoms with van der Waals surface area (Å²) in [7, 11) is 0. The zero-order valence-corrected chi connectivity index (χ0v) is 11.9. The summed E-state index contributed by atoms with van der Waals surface area (Å²) in [6.45, 7) is 1.73. The Kier molecular flexibility index (Phi) is 6.54. The van der Waals surface area contributed by atoms with Crippen molar-refractivity contribution < 1.29 is 9.53 Å². The minimum atomic E-state index is -0.0196. The Morgan fingerprint density at radius 2 is 1.90 bits per heavy atom. The number of ether oxygens (including phenoxy) is 1. The Labute approximate surface area is 120 Å². The van der Waals surface area contributed by atoms with E-state index in [2.05, 4.69) is 10.6 Å². The third-order valence-corrected chi connectivity index (χ3v) is 3.53. The molecule has 1 aliphatic rings. The predicted octanol–water partition coefficient (Wildman–Crippen LogP) is 2.56. The lowest BCUT2D eigenvalue weighted by Gasteiger charge is -2.21. The number of carbonyl (C=O) groups is 1. The lowest BCUT2D eigenvalue weighted by Crippen LogP contribution is -2.31. The molecular weight excluding hydrogens is 252 g/mol. The highest BCUT2D eigenvalue weighted by Crippen LogP contribution is 2.19. The van der Waals surface area contributed by atoms with Crippen LogP contribution in [-0.4, -0.2) is 31.7 Å². The second-order valence-electron chi connectivity index (χ2n) is 5.22. The highest BCUT2D eigenvalue weighted by Gasteiger charge is 2.12. The van der Waals surface area contributed by atoms with Crippen LogP contribution in [0.4, 0.5) is 5.69 Å². The van der Waals surface area contributed by atoms with E-state index in [1.807, 2.05) is 30.3 Å². The smallest absolute Gasteiger partial charge is 0.238 e. The molecule has 1 aliphatic carbocycles. The van der Waals surface area contributed by atoms with Crippen LogP contribution in [0.25, 0.3) is 0 Å². The number of carbonyl (C=O) groups excluding carboxylic acids is 1. The van der Waals surface area contributed by atoms with Crippen molar-refractivity contribution in [3.63, 3.8) is 0 Å². The minimum absolute atomic E-state index is 0.0196. The van der Waals surface area contributed by atoms with Crippen LogP contribution in [-0.2, 0) is 9.53 Å². The Morgan fingerprint density at radius 1 is 1.15 bits per heavy atom. The molecule has 1 amide bonds. The van der Waals surface area contributed by atoms with E-state index in [0.717, 1.165) is 12.2 Å². The summed E-state index contributed by atoms with van der Waals surface area (Å²) < 4.78 is 5.79. The molecule has 0 spiro atoms. The van der Waals surface area contributed by atoms with Gasteiger partial charge in [-0.1, -0.05) is 37.5 Å². The fourth-order valence-corrected chi connectivity index (χ4v) is 2.46. The largest absolute Gasteiger partial charge is 0.377 e. The van der Waals surface area contributed by atoms with Gasteiger partial charge in [0.25, 0.3) is 0 Å². The van der Waals surface area contributed by atoms with E-state index in [9.17, 15) is 4.79 Å². The first-order valence-electron chi connectivity index (χ1n) is 7.52. The van der Waals surface area contributed by atoms with E-state index in [1.54, 1.807) is 0 Å². The first-order chi connectivity index (χ1) is 9.84. The molecule has 0 aliphatic heterocycles. The number of hydrogen-bond acceptors (Lipinski definition) is 3. The summed E-state index contributed by atoms with van der Waals surface area (Å²) >= 11 is 0. The van der Waals surface area contributed by atoms with Crippen molar-refractivity contribution in [2.75, 3.05) is 25.0 Å². The molecule has 0 atom stereocenters. The van der Waals surface area contributed by atoms with Gasteiger partial charge >= 0.3 is 0 Å². The summed E-state index contributed by atoms with van der Waals surface area (Å²) in [6, 6.07) is 9.49. The van der Waals surface area contributed by atoms with E-state index in [1.165, 1.54) is 32.1 Å². The van der Waals surface area contributed by atoms with Crippen molar-refractivity contribution in [3.05, 3.63) is 30.3 Å². The van der Waals surface area contributed by atoms with Crippen molar-refractivity contribution in [3.8, 4) is 0 Å². The second kappa shape index (κ2) is 8.72. The van der Waals surface area contributed by atoms with E-state index in [4.69, 9.17) is 4.74 Å². The quantitative estimate of drug-likeness (QED) is 0.753. The first-order valence-corrected chi connectivity index (χ1v) is 7.52. The number of benzene rings is 1. The summed E-state index contributed by atoms with van der Waals surface area (Å²) in [6.07, 6.45) is 6.74. The van der Waals surface area contributed by atoms with Gasteiger partial charge < -0.3 is 15.4 Å². The summed E-state index contributed by atoms with van der Waals surface area (Å²) in [5.74, 6) is -0.0196. The molecule has 2 rings (SSSR count). The van der Waals surface area contributed by atoms with E-state index in [-0.39, 0.29) is 5.91 Å². The molecule has 0 radical (unpaired) electrons. The number of para-hydroxylation sites is 1. The average Bonchev–Trinajstić information content (AvgIpc) is 2.49. The molecular formula is C16H24N2O2. The van der Waals surface area contributed by atoms with E-state index < -0.39 is 0 Å². The van der Waals surface area contributed by atoms with Crippen LogP contribution in [0.15, 0.2) is 30.3 Å². The van der Waals surface area contributed by atoms with Crippen LogP contribution in [0, 0.1) is 0 Å². The van der Waals surface area contributed by atoms with Gasteiger partial charge in [0, 0.05) is 12.2 Å². The Hall–Kier alpha value is -1.39. The summed E-state index contributed by atoms with van der Waals surface area (Å²) in [5, 5.41) is 5.95. The molecule has 20 heavy (non-hydrogen) atoms. The third kappa shape index (κ3) is 5.72. The Morgan fingerprint density at radius 3 is 2.65 bits per heavy atom. The van der Waals surface area contributed by atoms with Crippen LogP contribution in [0.2, 0.25) is 0 Å². The number of nitrogens with one attached hydrogen (secondary N) is 2. The zero-order chi connectivity index (χ0) is 14.0. The van der Waals surface area contributed by atoms with Gasteiger partial charge in [0.1, 0.15) is 0 Å². The molecule has 1 fully saturated rings. The van der Waals surface area contributed by atoms with Gasteiger partial charge in [-0.2, -0.15) is 0 Å². The van der Waals surface area contributed by atoms with Gasteiger partial charge in [0.15, 0.2) is 0 Å². The molecule has 2 N–H and O–H groups in total. The molecule has 0 saturated heterocycles. The number of amides is 1. The Balaban J connectivity index is 1.51. The first kappa shape index (κ1) is 15.0. The van der Waals surface area contributed by atoms with Gasteiger partial charge in [0.2, 0.25) is 5.91 Å². The minimum Gasteiger partial charge on any atom is -0.377 e. The highest BCUT2D eigenvalue weighted by molar-refractivity contribution is 5.92. The monoisotopic (exact) mass is 276 g/mol. The number of hydrogen-bond donors (Lipinski definition) is 2. The molecule has 1 aromatic rings. The highest BCUT2D eigenvalue weighted by atomic mass is 16.5. The maximum absolute atomic E-state index is 11.7. The van der Waals surface area contributed by atoms with E-state index in [0.29, 0.717) is 19.3 Å². The lowest BCUT2D eigenvalue weighted by molar-refractivity contribution is -0.115.